The van der Waals surface area contributed by atoms with Crippen molar-refractivity contribution in [3.05, 3.63) is 82.9 Å². The highest BCUT2D eigenvalue weighted by molar-refractivity contribution is 6.10. The number of rotatable bonds is 2. The van der Waals surface area contributed by atoms with Crippen molar-refractivity contribution in [2.45, 2.75) is 20.4 Å². The molecule has 0 spiro atoms. The molecule has 0 radical (unpaired) electrons. The second kappa shape index (κ2) is 5.81. The Kier molecular flexibility index (Phi) is 3.41. The third kappa shape index (κ3) is 2.45. The van der Waals surface area contributed by atoms with E-state index in [4.69, 9.17) is 9.40 Å². The molecule has 1 aliphatic rings. The lowest BCUT2D eigenvalue weighted by Gasteiger charge is -2.16. The van der Waals surface area contributed by atoms with Crippen molar-refractivity contribution in [1.82, 2.24) is 4.98 Å². The lowest BCUT2D eigenvalue weighted by molar-refractivity contribution is 0.0996. The van der Waals surface area contributed by atoms with Gasteiger partial charge in [-0.25, -0.2) is 4.98 Å². The average Bonchev–Trinajstić information content (AvgIpc) is 3.24. The predicted octanol–water partition coefficient (Wildman–Crippen LogP) is 5.27. The topological polar surface area (TPSA) is 46.3 Å². The fourth-order valence-electron chi connectivity index (χ4n) is 3.73. The van der Waals surface area contributed by atoms with E-state index < -0.39 is 0 Å². The minimum Gasteiger partial charge on any atom is -0.436 e. The zero-order chi connectivity index (χ0) is 18.5. The van der Waals surface area contributed by atoms with Gasteiger partial charge in [-0.15, -0.1) is 0 Å². The normalized spacial score (nSPS) is 13.4. The Bertz CT molecular complexity index is 1210. The second-order valence-electron chi connectivity index (χ2n) is 6.99. The van der Waals surface area contributed by atoms with Crippen LogP contribution >= 0.6 is 0 Å². The highest BCUT2D eigenvalue weighted by Gasteiger charge is 2.28. The first-order chi connectivity index (χ1) is 13.1. The van der Waals surface area contributed by atoms with Crippen LogP contribution in [0.4, 0.5) is 5.69 Å². The molecular formula is C23H18N2O2. The highest BCUT2D eigenvalue weighted by Crippen LogP contribution is 2.34. The third-order valence-electron chi connectivity index (χ3n) is 5.17. The molecule has 0 unspecified atom stereocenters. The smallest absolute Gasteiger partial charge is 0.258 e. The second-order valence-corrected chi connectivity index (χ2v) is 6.99. The molecule has 1 aromatic heterocycles. The number of benzene rings is 3. The first-order valence-electron chi connectivity index (χ1n) is 8.99. The largest absolute Gasteiger partial charge is 0.436 e. The maximum Gasteiger partial charge on any atom is 0.258 e. The van der Waals surface area contributed by atoms with Crippen LogP contribution in [0.15, 0.2) is 65.1 Å². The number of anilines is 1. The molecule has 2 heterocycles. The number of carbonyl (C=O) groups excluding carboxylic acids is 1. The summed E-state index contributed by atoms with van der Waals surface area (Å²) in [4.78, 5) is 19.3. The molecule has 0 fully saturated rings. The monoisotopic (exact) mass is 354 g/mol. The van der Waals surface area contributed by atoms with Gasteiger partial charge in [0.2, 0.25) is 5.89 Å². The van der Waals surface area contributed by atoms with Gasteiger partial charge in [-0.3, -0.25) is 4.79 Å². The molecule has 1 aliphatic heterocycles. The SMILES string of the molecule is Cc1ccccc1-c1nc2cc(N3Cc4ccccc4C3=O)cc(C)c2o1. The van der Waals surface area contributed by atoms with E-state index in [2.05, 4.69) is 0 Å². The van der Waals surface area contributed by atoms with Gasteiger partial charge in [-0.05, 0) is 54.8 Å². The van der Waals surface area contributed by atoms with Crippen LogP contribution in [0.3, 0.4) is 0 Å². The molecule has 0 aliphatic carbocycles. The van der Waals surface area contributed by atoms with Crippen LogP contribution in [-0.2, 0) is 6.54 Å². The molecule has 4 aromatic rings. The van der Waals surface area contributed by atoms with Crippen molar-refractivity contribution in [2.24, 2.45) is 0 Å². The van der Waals surface area contributed by atoms with Gasteiger partial charge in [-0.2, -0.15) is 0 Å². The summed E-state index contributed by atoms with van der Waals surface area (Å²) in [6.45, 7) is 4.62. The fourth-order valence-corrected chi connectivity index (χ4v) is 3.73. The van der Waals surface area contributed by atoms with Crippen LogP contribution in [0.5, 0.6) is 0 Å². The van der Waals surface area contributed by atoms with E-state index >= 15 is 0 Å². The molecule has 4 nitrogen and oxygen atoms in total. The molecule has 132 valence electrons. The molecule has 1 amide bonds. The predicted molar refractivity (Wildman–Crippen MR) is 106 cm³/mol. The van der Waals surface area contributed by atoms with Crippen molar-refractivity contribution in [3.63, 3.8) is 0 Å². The van der Waals surface area contributed by atoms with E-state index in [1.807, 2.05) is 74.5 Å². The number of hydrogen-bond acceptors (Lipinski definition) is 3. The van der Waals surface area contributed by atoms with Gasteiger partial charge in [0.05, 0.1) is 6.54 Å². The van der Waals surface area contributed by atoms with Crippen molar-refractivity contribution in [2.75, 3.05) is 4.90 Å². The lowest BCUT2D eigenvalue weighted by Crippen LogP contribution is -2.23. The van der Waals surface area contributed by atoms with E-state index in [0.29, 0.717) is 12.4 Å². The third-order valence-corrected chi connectivity index (χ3v) is 5.17. The number of carbonyl (C=O) groups is 1. The summed E-state index contributed by atoms with van der Waals surface area (Å²) < 4.78 is 6.06. The molecule has 0 saturated carbocycles. The molecule has 0 bridgehead atoms. The Morgan fingerprint density at radius 2 is 1.67 bits per heavy atom. The number of oxazole rings is 1. The fraction of sp³-hybridized carbons (Fsp3) is 0.130. The van der Waals surface area contributed by atoms with E-state index in [-0.39, 0.29) is 5.91 Å². The van der Waals surface area contributed by atoms with Crippen LogP contribution in [0, 0.1) is 13.8 Å². The van der Waals surface area contributed by atoms with Crippen LogP contribution in [0.2, 0.25) is 0 Å². The Morgan fingerprint density at radius 3 is 2.44 bits per heavy atom. The zero-order valence-electron chi connectivity index (χ0n) is 15.2. The van der Waals surface area contributed by atoms with Crippen molar-refractivity contribution in [1.29, 1.82) is 0 Å². The number of aryl methyl sites for hydroxylation is 2. The summed E-state index contributed by atoms with van der Waals surface area (Å²) >= 11 is 0. The van der Waals surface area contributed by atoms with Crippen molar-refractivity contribution >= 4 is 22.7 Å². The number of aromatic nitrogens is 1. The summed E-state index contributed by atoms with van der Waals surface area (Å²) in [6, 6.07) is 19.7. The minimum absolute atomic E-state index is 0.0342. The number of amides is 1. The molecule has 0 atom stereocenters. The van der Waals surface area contributed by atoms with Crippen LogP contribution < -0.4 is 4.90 Å². The summed E-state index contributed by atoms with van der Waals surface area (Å²) in [7, 11) is 0. The first kappa shape index (κ1) is 15.8. The molecule has 0 N–H and O–H groups in total. The van der Waals surface area contributed by atoms with Gasteiger partial charge in [-0.1, -0.05) is 36.4 Å². The lowest BCUT2D eigenvalue weighted by atomic mass is 10.1. The van der Waals surface area contributed by atoms with Crippen LogP contribution in [-0.4, -0.2) is 10.9 Å². The standard InChI is InChI=1S/C23H18N2O2/c1-14-7-3-5-9-18(14)22-24-20-12-17(11-15(2)21(20)27-22)25-13-16-8-4-6-10-19(16)23(25)26/h3-12H,13H2,1-2H3. The summed E-state index contributed by atoms with van der Waals surface area (Å²) in [5.41, 5.74) is 7.29. The van der Waals surface area contributed by atoms with Crippen molar-refractivity contribution < 1.29 is 9.21 Å². The number of fused-ring (bicyclic) bond motifs is 2. The van der Waals surface area contributed by atoms with Gasteiger partial charge in [0.25, 0.3) is 5.91 Å². The van der Waals surface area contributed by atoms with Gasteiger partial charge >= 0.3 is 0 Å². The van der Waals surface area contributed by atoms with Gasteiger partial charge in [0.15, 0.2) is 5.58 Å². The molecule has 4 heteroatoms. The summed E-state index contributed by atoms with van der Waals surface area (Å²) in [5, 5.41) is 0. The van der Waals surface area contributed by atoms with Gasteiger partial charge in [0.1, 0.15) is 5.52 Å². The average molecular weight is 354 g/mol. The van der Waals surface area contributed by atoms with Crippen molar-refractivity contribution in [3.8, 4) is 11.5 Å². The summed E-state index contributed by atoms with van der Waals surface area (Å²) in [6.07, 6.45) is 0. The molecular weight excluding hydrogens is 336 g/mol. The van der Waals surface area contributed by atoms with E-state index in [9.17, 15) is 4.79 Å². The Morgan fingerprint density at radius 1 is 0.926 bits per heavy atom. The Labute approximate surface area is 157 Å². The Hall–Kier alpha value is -3.40. The van der Waals surface area contributed by atoms with E-state index in [1.54, 1.807) is 4.90 Å². The first-order valence-corrected chi connectivity index (χ1v) is 8.99. The number of nitrogens with zero attached hydrogens (tertiary/aromatic N) is 2. The molecule has 0 saturated heterocycles. The maximum absolute atomic E-state index is 12.8. The summed E-state index contributed by atoms with van der Waals surface area (Å²) in [5.74, 6) is 0.645. The van der Waals surface area contributed by atoms with E-state index in [1.165, 1.54) is 0 Å². The van der Waals surface area contributed by atoms with Gasteiger partial charge < -0.3 is 9.32 Å². The highest BCUT2D eigenvalue weighted by atomic mass is 16.3. The number of hydrogen-bond donors (Lipinski definition) is 0. The minimum atomic E-state index is 0.0342. The van der Waals surface area contributed by atoms with Gasteiger partial charge in [0, 0.05) is 16.8 Å². The molecule has 5 rings (SSSR count). The molecule has 3 aromatic carbocycles. The van der Waals surface area contributed by atoms with Crippen LogP contribution in [0.1, 0.15) is 27.0 Å². The zero-order valence-corrected chi connectivity index (χ0v) is 15.2. The van der Waals surface area contributed by atoms with E-state index in [0.717, 1.165) is 44.6 Å². The quantitative estimate of drug-likeness (QED) is 0.492. The van der Waals surface area contributed by atoms with Crippen LogP contribution in [0.25, 0.3) is 22.6 Å². The molecule has 27 heavy (non-hydrogen) atoms. The maximum atomic E-state index is 12.8. The Balaban J connectivity index is 1.60.